The summed E-state index contributed by atoms with van der Waals surface area (Å²) in [7, 11) is 1.69. The van der Waals surface area contributed by atoms with Gasteiger partial charge in [-0.1, -0.05) is 43.7 Å². The molecule has 1 heterocycles. The molecule has 0 saturated heterocycles. The summed E-state index contributed by atoms with van der Waals surface area (Å²) in [5.74, 6) is 0.173. The zero-order valence-corrected chi connectivity index (χ0v) is 17.7. The van der Waals surface area contributed by atoms with E-state index in [1.54, 1.807) is 7.11 Å². The zero-order valence-electron chi connectivity index (χ0n) is 17.7. The molecule has 0 radical (unpaired) electrons. The molecule has 1 unspecified atom stereocenters. The number of fused-ring (bicyclic) bond motifs is 1. The summed E-state index contributed by atoms with van der Waals surface area (Å²) >= 11 is 0. The quantitative estimate of drug-likeness (QED) is 0.737. The third-order valence-corrected chi connectivity index (χ3v) is 5.67. The monoisotopic (exact) mass is 380 g/mol. The summed E-state index contributed by atoms with van der Waals surface area (Å²) in [5.41, 5.74) is 13.0. The fraction of sp³-hybridized carbons (Fsp3) is 0.458. The third-order valence-electron chi connectivity index (χ3n) is 5.67. The minimum atomic E-state index is -0.208. The molecule has 0 aromatic heterocycles. The lowest BCUT2D eigenvalue weighted by Crippen LogP contribution is -2.43. The highest BCUT2D eigenvalue weighted by molar-refractivity contribution is 5.98. The molecule has 4 nitrogen and oxygen atoms in total. The average Bonchev–Trinajstić information content (AvgIpc) is 2.63. The number of carbonyl (C=O) groups excluding carboxylic acids is 1. The molecule has 0 aliphatic carbocycles. The van der Waals surface area contributed by atoms with Crippen LogP contribution in [0.5, 0.6) is 0 Å². The van der Waals surface area contributed by atoms with E-state index >= 15 is 0 Å². The first-order valence-electron chi connectivity index (χ1n) is 10.0. The Morgan fingerprint density at radius 3 is 2.50 bits per heavy atom. The molecule has 1 aliphatic rings. The van der Waals surface area contributed by atoms with Gasteiger partial charge in [-0.3, -0.25) is 4.79 Å². The van der Waals surface area contributed by atoms with Crippen molar-refractivity contribution in [1.29, 1.82) is 0 Å². The van der Waals surface area contributed by atoms with Crippen LogP contribution in [0.25, 0.3) is 11.1 Å². The van der Waals surface area contributed by atoms with Crippen LogP contribution >= 0.6 is 0 Å². The maximum absolute atomic E-state index is 12.9. The van der Waals surface area contributed by atoms with E-state index in [2.05, 4.69) is 57.2 Å². The van der Waals surface area contributed by atoms with E-state index in [1.165, 1.54) is 16.7 Å². The van der Waals surface area contributed by atoms with Gasteiger partial charge in [0.15, 0.2) is 0 Å². The lowest BCUT2D eigenvalue weighted by molar-refractivity contribution is -0.120. The van der Waals surface area contributed by atoms with Crippen LogP contribution in [0.4, 0.5) is 5.69 Å². The van der Waals surface area contributed by atoms with E-state index in [1.807, 2.05) is 11.8 Å². The van der Waals surface area contributed by atoms with Crippen molar-refractivity contribution in [3.8, 4) is 11.1 Å². The second-order valence-corrected chi connectivity index (χ2v) is 8.56. The number of hydrogen-bond donors (Lipinski definition) is 1. The fourth-order valence-electron chi connectivity index (χ4n) is 4.04. The lowest BCUT2D eigenvalue weighted by atomic mass is 9.75. The minimum Gasteiger partial charge on any atom is -0.385 e. The average molecular weight is 381 g/mol. The van der Waals surface area contributed by atoms with Gasteiger partial charge in [-0.15, -0.1) is 0 Å². The molecule has 3 rings (SSSR count). The van der Waals surface area contributed by atoms with E-state index in [4.69, 9.17) is 10.5 Å². The molecule has 1 aliphatic heterocycles. The first kappa shape index (κ1) is 20.6. The normalized spacial score (nSPS) is 16.8. The van der Waals surface area contributed by atoms with E-state index in [0.29, 0.717) is 19.6 Å². The molecule has 2 aromatic rings. The van der Waals surface area contributed by atoms with Gasteiger partial charge in [-0.2, -0.15) is 0 Å². The molecule has 150 valence electrons. The largest absolute Gasteiger partial charge is 0.385 e. The lowest BCUT2D eigenvalue weighted by Gasteiger charge is -2.40. The van der Waals surface area contributed by atoms with E-state index in [0.717, 1.165) is 23.2 Å². The number of benzene rings is 2. The first-order chi connectivity index (χ1) is 13.2. The minimum absolute atomic E-state index is 0.123. The molecule has 2 aromatic carbocycles. The van der Waals surface area contributed by atoms with E-state index in [-0.39, 0.29) is 17.4 Å². The standard InChI is InChI=1S/C24H32N2O2/c1-16-7-9-18(10-8-16)20-13-21-22(14-19(20)17(2)25)26(11-6-12-28-5)23(27)15-24(21,3)4/h7-10,13-14,17H,6,11-12,15,25H2,1-5H3. The van der Waals surface area contributed by atoms with Gasteiger partial charge >= 0.3 is 0 Å². The van der Waals surface area contributed by atoms with Crippen LogP contribution < -0.4 is 10.6 Å². The summed E-state index contributed by atoms with van der Waals surface area (Å²) in [6.07, 6.45) is 1.33. The number of anilines is 1. The Labute approximate surface area is 168 Å². The van der Waals surface area contributed by atoms with Crippen molar-refractivity contribution in [2.75, 3.05) is 25.2 Å². The Morgan fingerprint density at radius 2 is 1.89 bits per heavy atom. The number of aryl methyl sites for hydroxylation is 1. The van der Waals surface area contributed by atoms with Gasteiger partial charge in [0.2, 0.25) is 5.91 Å². The Kier molecular flexibility index (Phi) is 5.92. The smallest absolute Gasteiger partial charge is 0.227 e. The molecule has 0 saturated carbocycles. The number of ether oxygens (including phenoxy) is 1. The summed E-state index contributed by atoms with van der Waals surface area (Å²) in [4.78, 5) is 14.8. The highest BCUT2D eigenvalue weighted by atomic mass is 16.5. The summed E-state index contributed by atoms with van der Waals surface area (Å²) in [5, 5.41) is 0. The third kappa shape index (κ3) is 3.98. The first-order valence-corrected chi connectivity index (χ1v) is 10.0. The molecule has 2 N–H and O–H groups in total. The van der Waals surface area contributed by atoms with Crippen LogP contribution in [0, 0.1) is 6.92 Å². The molecule has 1 atom stereocenters. The molecule has 1 amide bonds. The van der Waals surface area contributed by atoms with Crippen LogP contribution in [0.1, 0.15) is 56.3 Å². The van der Waals surface area contributed by atoms with Crippen LogP contribution in [0.2, 0.25) is 0 Å². The van der Waals surface area contributed by atoms with Crippen molar-refractivity contribution < 1.29 is 9.53 Å². The van der Waals surface area contributed by atoms with E-state index in [9.17, 15) is 4.79 Å². The SMILES string of the molecule is COCCCN1C(=O)CC(C)(C)c2cc(-c3ccc(C)cc3)c(C(C)N)cc21. The predicted molar refractivity (Wildman–Crippen MR) is 116 cm³/mol. The van der Waals surface area contributed by atoms with Crippen molar-refractivity contribution in [1.82, 2.24) is 0 Å². The van der Waals surface area contributed by atoms with Crippen molar-refractivity contribution >= 4 is 11.6 Å². The second kappa shape index (κ2) is 8.06. The van der Waals surface area contributed by atoms with Crippen LogP contribution in [-0.2, 0) is 14.9 Å². The van der Waals surface area contributed by atoms with Gasteiger partial charge in [0.1, 0.15) is 0 Å². The molecule has 0 fully saturated rings. The zero-order chi connectivity index (χ0) is 20.5. The number of rotatable bonds is 6. The number of nitrogens with two attached hydrogens (primary N) is 1. The number of amides is 1. The molecule has 4 heteroatoms. The van der Waals surface area contributed by atoms with Gasteiger partial charge < -0.3 is 15.4 Å². The van der Waals surface area contributed by atoms with Crippen LogP contribution in [-0.4, -0.2) is 26.2 Å². The van der Waals surface area contributed by atoms with E-state index < -0.39 is 0 Å². The summed E-state index contributed by atoms with van der Waals surface area (Å²) in [6.45, 7) is 9.71. The fourth-order valence-corrected chi connectivity index (χ4v) is 4.04. The Balaban J connectivity index is 2.16. The van der Waals surface area contributed by atoms with Gasteiger partial charge in [-0.05, 0) is 54.7 Å². The van der Waals surface area contributed by atoms with Gasteiger partial charge in [0.05, 0.1) is 0 Å². The number of carbonyl (C=O) groups is 1. The Hall–Kier alpha value is -2.17. The van der Waals surface area contributed by atoms with Gasteiger partial charge in [-0.25, -0.2) is 0 Å². The van der Waals surface area contributed by atoms with Crippen molar-refractivity contribution in [2.45, 2.75) is 52.0 Å². The summed E-state index contributed by atoms with van der Waals surface area (Å²) in [6, 6.07) is 12.8. The number of nitrogens with zero attached hydrogens (tertiary/aromatic N) is 1. The van der Waals surface area contributed by atoms with Crippen molar-refractivity contribution in [2.24, 2.45) is 5.73 Å². The molecule has 0 spiro atoms. The molecular formula is C24H32N2O2. The molecular weight excluding hydrogens is 348 g/mol. The van der Waals surface area contributed by atoms with Crippen molar-refractivity contribution in [3.63, 3.8) is 0 Å². The number of hydrogen-bond acceptors (Lipinski definition) is 3. The Bertz CT molecular complexity index is 854. The molecule has 0 bridgehead atoms. The maximum Gasteiger partial charge on any atom is 0.227 e. The predicted octanol–water partition coefficient (Wildman–Crippen LogP) is 4.73. The topological polar surface area (TPSA) is 55.6 Å². The second-order valence-electron chi connectivity index (χ2n) is 8.56. The van der Waals surface area contributed by atoms with Crippen molar-refractivity contribution in [3.05, 3.63) is 53.1 Å². The highest BCUT2D eigenvalue weighted by Gasteiger charge is 2.37. The van der Waals surface area contributed by atoms with Gasteiger partial charge in [0, 0.05) is 43.8 Å². The summed E-state index contributed by atoms with van der Waals surface area (Å²) < 4.78 is 5.19. The molecule has 28 heavy (non-hydrogen) atoms. The Morgan fingerprint density at radius 1 is 1.21 bits per heavy atom. The maximum atomic E-state index is 12.9. The van der Waals surface area contributed by atoms with Crippen LogP contribution in [0.3, 0.4) is 0 Å². The highest BCUT2D eigenvalue weighted by Crippen LogP contribution is 2.44. The van der Waals surface area contributed by atoms with Crippen LogP contribution in [0.15, 0.2) is 36.4 Å². The van der Waals surface area contributed by atoms with Gasteiger partial charge in [0.25, 0.3) is 0 Å². The number of methoxy groups -OCH3 is 1.